The molecule has 0 bridgehead atoms. The predicted octanol–water partition coefficient (Wildman–Crippen LogP) is 2.21. The molecule has 7 heteroatoms. The lowest BCUT2D eigenvalue weighted by atomic mass is 10.1. The lowest BCUT2D eigenvalue weighted by Crippen LogP contribution is -2.37. The molecule has 0 aliphatic carbocycles. The maximum atomic E-state index is 12.5. The highest BCUT2D eigenvalue weighted by molar-refractivity contribution is 5.97. The van der Waals surface area contributed by atoms with Crippen molar-refractivity contribution in [2.45, 2.75) is 13.0 Å². The Kier molecular flexibility index (Phi) is 4.12. The van der Waals surface area contributed by atoms with Gasteiger partial charge in [0.05, 0.1) is 24.3 Å². The second-order valence-corrected chi connectivity index (χ2v) is 5.62. The topological polar surface area (TPSA) is 79.8 Å². The highest BCUT2D eigenvalue weighted by atomic mass is 16.6. The summed E-state index contributed by atoms with van der Waals surface area (Å²) in [7, 11) is 1.85. The molecular formula is C16H17N3O4. The van der Waals surface area contributed by atoms with Crippen molar-refractivity contribution < 1.29 is 14.1 Å². The van der Waals surface area contributed by atoms with Gasteiger partial charge in [-0.1, -0.05) is 0 Å². The summed E-state index contributed by atoms with van der Waals surface area (Å²) in [6, 6.07) is 8.33. The number of hydrogen-bond donors (Lipinski definition) is 0. The Morgan fingerprint density at radius 1 is 1.43 bits per heavy atom. The van der Waals surface area contributed by atoms with Crippen LogP contribution < -0.4 is 4.90 Å². The standard InChI is InChI=1S/C16H17N3O4/c1-17(10-14-3-2-8-23-14)11-16(20)18-7-6-12-9-13(19(21)22)4-5-15(12)18/h2-5,8-9H,6-7,10-11H2,1H3. The molecule has 1 aliphatic heterocycles. The molecule has 120 valence electrons. The normalized spacial score (nSPS) is 13.4. The molecule has 0 spiro atoms. The molecule has 1 aromatic heterocycles. The molecule has 0 saturated carbocycles. The first-order valence-corrected chi connectivity index (χ1v) is 7.33. The summed E-state index contributed by atoms with van der Waals surface area (Å²) < 4.78 is 5.27. The van der Waals surface area contributed by atoms with E-state index in [0.29, 0.717) is 19.5 Å². The van der Waals surface area contributed by atoms with Gasteiger partial charge in [0.15, 0.2) is 0 Å². The van der Waals surface area contributed by atoms with E-state index >= 15 is 0 Å². The number of likely N-dealkylation sites (N-methyl/N-ethyl adjacent to an activating group) is 1. The maximum absolute atomic E-state index is 12.5. The fourth-order valence-corrected chi connectivity index (χ4v) is 2.80. The van der Waals surface area contributed by atoms with Gasteiger partial charge < -0.3 is 9.32 Å². The Balaban J connectivity index is 1.67. The zero-order valence-corrected chi connectivity index (χ0v) is 12.8. The predicted molar refractivity (Wildman–Crippen MR) is 84.2 cm³/mol. The van der Waals surface area contributed by atoms with Crippen molar-refractivity contribution in [3.8, 4) is 0 Å². The molecule has 0 radical (unpaired) electrons. The molecule has 0 saturated heterocycles. The van der Waals surface area contributed by atoms with E-state index in [1.165, 1.54) is 6.07 Å². The molecule has 7 nitrogen and oxygen atoms in total. The first kappa shape index (κ1) is 15.2. The van der Waals surface area contributed by atoms with Gasteiger partial charge in [0.25, 0.3) is 5.69 Å². The van der Waals surface area contributed by atoms with Crippen LogP contribution in [0.25, 0.3) is 0 Å². The maximum Gasteiger partial charge on any atom is 0.269 e. The number of carbonyl (C=O) groups is 1. The SMILES string of the molecule is CN(CC(=O)N1CCc2cc([N+](=O)[O-])ccc21)Cc1ccco1. The summed E-state index contributed by atoms with van der Waals surface area (Å²) in [6.45, 7) is 1.38. The number of non-ortho nitro benzene ring substituents is 1. The lowest BCUT2D eigenvalue weighted by molar-refractivity contribution is -0.384. The number of rotatable bonds is 5. The van der Waals surface area contributed by atoms with Gasteiger partial charge in [0, 0.05) is 24.4 Å². The molecule has 0 atom stereocenters. The fraction of sp³-hybridized carbons (Fsp3) is 0.312. The second kappa shape index (κ2) is 6.21. The number of anilines is 1. The number of nitro groups is 1. The van der Waals surface area contributed by atoms with Crippen molar-refractivity contribution in [1.29, 1.82) is 0 Å². The molecular weight excluding hydrogens is 298 g/mol. The van der Waals surface area contributed by atoms with Crippen LogP contribution in [0.3, 0.4) is 0 Å². The van der Waals surface area contributed by atoms with Gasteiger partial charge in [-0.15, -0.1) is 0 Å². The van der Waals surface area contributed by atoms with Crippen molar-refractivity contribution in [3.63, 3.8) is 0 Å². The number of benzene rings is 1. The van der Waals surface area contributed by atoms with E-state index in [4.69, 9.17) is 4.42 Å². The third kappa shape index (κ3) is 3.24. The van der Waals surface area contributed by atoms with Gasteiger partial charge in [-0.3, -0.25) is 19.8 Å². The summed E-state index contributed by atoms with van der Waals surface area (Å²) >= 11 is 0. The van der Waals surface area contributed by atoms with E-state index in [9.17, 15) is 14.9 Å². The number of furan rings is 1. The van der Waals surface area contributed by atoms with Gasteiger partial charge in [0.2, 0.25) is 5.91 Å². The summed E-state index contributed by atoms with van der Waals surface area (Å²) in [5.41, 5.74) is 1.68. The van der Waals surface area contributed by atoms with Gasteiger partial charge in [-0.05, 0) is 37.2 Å². The van der Waals surface area contributed by atoms with E-state index in [-0.39, 0.29) is 18.1 Å². The van der Waals surface area contributed by atoms with Crippen molar-refractivity contribution >= 4 is 17.3 Å². The minimum absolute atomic E-state index is 0.0216. The zero-order chi connectivity index (χ0) is 16.4. The minimum atomic E-state index is -0.415. The molecule has 1 amide bonds. The average Bonchev–Trinajstić information content (AvgIpc) is 3.15. The second-order valence-electron chi connectivity index (χ2n) is 5.62. The van der Waals surface area contributed by atoms with Crippen LogP contribution in [0, 0.1) is 10.1 Å². The lowest BCUT2D eigenvalue weighted by Gasteiger charge is -2.21. The van der Waals surface area contributed by atoms with E-state index in [0.717, 1.165) is 17.0 Å². The number of fused-ring (bicyclic) bond motifs is 1. The van der Waals surface area contributed by atoms with Crippen LogP contribution in [0.1, 0.15) is 11.3 Å². The summed E-state index contributed by atoms with van der Waals surface area (Å²) in [6.07, 6.45) is 2.25. The van der Waals surface area contributed by atoms with Gasteiger partial charge in [-0.25, -0.2) is 0 Å². The number of hydrogen-bond acceptors (Lipinski definition) is 5. The molecule has 1 aliphatic rings. The van der Waals surface area contributed by atoms with Crippen LogP contribution in [0.2, 0.25) is 0 Å². The van der Waals surface area contributed by atoms with E-state index in [1.54, 1.807) is 23.3 Å². The van der Waals surface area contributed by atoms with Crippen molar-refractivity contribution in [3.05, 3.63) is 58.0 Å². The molecule has 23 heavy (non-hydrogen) atoms. The zero-order valence-electron chi connectivity index (χ0n) is 12.8. The Morgan fingerprint density at radius 2 is 2.26 bits per heavy atom. The van der Waals surface area contributed by atoms with Gasteiger partial charge in [-0.2, -0.15) is 0 Å². The third-order valence-corrected chi connectivity index (χ3v) is 3.88. The Hall–Kier alpha value is -2.67. The van der Waals surface area contributed by atoms with Crippen molar-refractivity contribution in [2.75, 3.05) is 25.0 Å². The largest absolute Gasteiger partial charge is 0.468 e. The van der Waals surface area contributed by atoms with Crippen molar-refractivity contribution in [1.82, 2.24) is 4.90 Å². The van der Waals surface area contributed by atoms with Crippen LogP contribution in [0.15, 0.2) is 41.0 Å². The van der Waals surface area contributed by atoms with E-state index < -0.39 is 4.92 Å². The highest BCUT2D eigenvalue weighted by Gasteiger charge is 2.26. The van der Waals surface area contributed by atoms with Crippen LogP contribution in [0.5, 0.6) is 0 Å². The number of nitrogens with zero attached hydrogens (tertiary/aromatic N) is 3. The Morgan fingerprint density at radius 3 is 2.96 bits per heavy atom. The Bertz CT molecular complexity index is 727. The molecule has 2 aromatic rings. The van der Waals surface area contributed by atoms with Gasteiger partial charge in [0.1, 0.15) is 5.76 Å². The molecule has 3 rings (SSSR count). The van der Waals surface area contributed by atoms with E-state index in [1.807, 2.05) is 24.1 Å². The molecule has 1 aromatic carbocycles. The Labute approximate surface area is 133 Å². The summed E-state index contributed by atoms with van der Waals surface area (Å²) in [5, 5.41) is 10.8. The third-order valence-electron chi connectivity index (χ3n) is 3.88. The minimum Gasteiger partial charge on any atom is -0.468 e. The monoisotopic (exact) mass is 315 g/mol. The molecule has 0 N–H and O–H groups in total. The summed E-state index contributed by atoms with van der Waals surface area (Å²) in [5.74, 6) is 0.782. The quantitative estimate of drug-likeness (QED) is 0.624. The fourth-order valence-electron chi connectivity index (χ4n) is 2.80. The average molecular weight is 315 g/mol. The highest BCUT2D eigenvalue weighted by Crippen LogP contribution is 2.31. The van der Waals surface area contributed by atoms with Gasteiger partial charge >= 0.3 is 0 Å². The van der Waals surface area contributed by atoms with Crippen LogP contribution in [-0.4, -0.2) is 35.9 Å². The van der Waals surface area contributed by atoms with Crippen LogP contribution in [0.4, 0.5) is 11.4 Å². The first-order chi connectivity index (χ1) is 11.0. The summed E-state index contributed by atoms with van der Waals surface area (Å²) in [4.78, 5) is 26.5. The number of amides is 1. The first-order valence-electron chi connectivity index (χ1n) is 7.33. The number of carbonyl (C=O) groups excluding carboxylic acids is 1. The molecule has 2 heterocycles. The smallest absolute Gasteiger partial charge is 0.269 e. The van der Waals surface area contributed by atoms with Crippen LogP contribution in [-0.2, 0) is 17.8 Å². The van der Waals surface area contributed by atoms with Crippen molar-refractivity contribution in [2.24, 2.45) is 0 Å². The van der Waals surface area contributed by atoms with Crippen LogP contribution >= 0.6 is 0 Å². The van der Waals surface area contributed by atoms with E-state index in [2.05, 4.69) is 0 Å². The number of nitro benzene ring substituents is 1. The molecule has 0 unspecified atom stereocenters. The molecule has 0 fully saturated rings.